The minimum absolute atomic E-state index is 0.0215. The Labute approximate surface area is 172 Å². The molecule has 1 unspecified atom stereocenters. The second kappa shape index (κ2) is 8.84. The number of hydrogen-bond acceptors (Lipinski definition) is 4. The summed E-state index contributed by atoms with van der Waals surface area (Å²) in [6.07, 6.45) is 0. The summed E-state index contributed by atoms with van der Waals surface area (Å²) in [5, 5.41) is 3.60. The van der Waals surface area contributed by atoms with Crippen LogP contribution in [0.1, 0.15) is 18.1 Å². The van der Waals surface area contributed by atoms with Gasteiger partial charge in [0.05, 0.1) is 23.9 Å². The predicted octanol–water partition coefficient (Wildman–Crippen LogP) is 4.11. The van der Waals surface area contributed by atoms with Crippen LogP contribution in [0.4, 0.5) is 11.4 Å². The second-order valence-corrected chi connectivity index (χ2v) is 7.73. The molecule has 6 heteroatoms. The number of nitrogens with one attached hydrogen (secondary N) is 1. The molecule has 1 atom stereocenters. The highest BCUT2D eigenvalue weighted by Gasteiger charge is 2.26. The van der Waals surface area contributed by atoms with E-state index in [2.05, 4.69) is 27.2 Å². The average molecular weight is 402 g/mol. The molecule has 0 saturated carbocycles. The van der Waals surface area contributed by atoms with E-state index in [1.165, 1.54) is 5.69 Å². The number of piperazine rings is 1. The van der Waals surface area contributed by atoms with Gasteiger partial charge in [-0.1, -0.05) is 17.7 Å². The fourth-order valence-corrected chi connectivity index (χ4v) is 4.00. The maximum absolute atomic E-state index is 12.8. The number of carbonyl (C=O) groups excluding carboxylic acids is 1. The third-order valence-corrected chi connectivity index (χ3v) is 5.66. The number of methoxy groups -OCH3 is 1. The number of amides is 1. The Morgan fingerprint density at radius 3 is 2.32 bits per heavy atom. The van der Waals surface area contributed by atoms with E-state index in [9.17, 15) is 4.79 Å². The number of hydrogen-bond donors (Lipinski definition) is 1. The van der Waals surface area contributed by atoms with Crippen molar-refractivity contribution >= 4 is 28.9 Å². The standard InChI is InChI=1S/C22H28ClN3O2/c1-15-13-16(2)21(20(23)14-15)24-22(27)17(3)25-9-11-26(12-10-25)18-5-7-19(28-4)8-6-18/h5-8,13-14,17H,9-12H2,1-4H3,(H,24,27). The van der Waals surface area contributed by atoms with Gasteiger partial charge < -0.3 is 15.0 Å². The van der Waals surface area contributed by atoms with Crippen molar-refractivity contribution in [2.45, 2.75) is 26.8 Å². The summed E-state index contributed by atoms with van der Waals surface area (Å²) < 4.78 is 5.22. The highest BCUT2D eigenvalue weighted by Crippen LogP contribution is 2.28. The van der Waals surface area contributed by atoms with Crippen LogP contribution in [0, 0.1) is 13.8 Å². The number of carbonyl (C=O) groups is 1. The van der Waals surface area contributed by atoms with E-state index in [-0.39, 0.29) is 11.9 Å². The zero-order valence-corrected chi connectivity index (χ0v) is 17.7. The van der Waals surface area contributed by atoms with Gasteiger partial charge in [-0.3, -0.25) is 9.69 Å². The first-order valence-corrected chi connectivity index (χ1v) is 9.97. The van der Waals surface area contributed by atoms with Gasteiger partial charge in [-0.05, 0) is 62.2 Å². The Morgan fingerprint density at radius 1 is 1.11 bits per heavy atom. The number of rotatable bonds is 5. The van der Waals surface area contributed by atoms with E-state index in [1.54, 1.807) is 7.11 Å². The molecule has 1 amide bonds. The van der Waals surface area contributed by atoms with Crippen LogP contribution in [0.15, 0.2) is 36.4 Å². The Kier molecular flexibility index (Phi) is 6.47. The number of anilines is 2. The van der Waals surface area contributed by atoms with E-state index >= 15 is 0 Å². The minimum Gasteiger partial charge on any atom is -0.497 e. The van der Waals surface area contributed by atoms with E-state index in [0.717, 1.165) is 43.1 Å². The quantitative estimate of drug-likeness (QED) is 0.818. The summed E-state index contributed by atoms with van der Waals surface area (Å²) in [4.78, 5) is 17.3. The molecule has 150 valence electrons. The topological polar surface area (TPSA) is 44.8 Å². The molecule has 0 spiro atoms. The molecule has 0 radical (unpaired) electrons. The molecule has 1 fully saturated rings. The van der Waals surface area contributed by atoms with Gasteiger partial charge in [0.2, 0.25) is 5.91 Å². The van der Waals surface area contributed by atoms with Crippen LogP contribution < -0.4 is 15.0 Å². The van der Waals surface area contributed by atoms with E-state index in [0.29, 0.717) is 10.7 Å². The molecule has 1 heterocycles. The highest BCUT2D eigenvalue weighted by atomic mass is 35.5. The summed E-state index contributed by atoms with van der Waals surface area (Å²) >= 11 is 6.33. The number of nitrogens with zero attached hydrogens (tertiary/aromatic N) is 2. The van der Waals surface area contributed by atoms with Crippen LogP contribution in [-0.4, -0.2) is 50.1 Å². The van der Waals surface area contributed by atoms with E-state index in [1.807, 2.05) is 45.0 Å². The molecule has 1 aliphatic rings. The molecule has 2 aromatic carbocycles. The lowest BCUT2D eigenvalue weighted by atomic mass is 10.1. The molecular formula is C22H28ClN3O2. The van der Waals surface area contributed by atoms with Crippen molar-refractivity contribution in [3.8, 4) is 5.75 Å². The maximum Gasteiger partial charge on any atom is 0.241 e. The fraction of sp³-hybridized carbons (Fsp3) is 0.409. The summed E-state index contributed by atoms with van der Waals surface area (Å²) in [5.74, 6) is 0.837. The molecule has 0 bridgehead atoms. The molecule has 28 heavy (non-hydrogen) atoms. The van der Waals surface area contributed by atoms with Gasteiger partial charge in [0.1, 0.15) is 5.75 Å². The molecule has 1 aliphatic heterocycles. The lowest BCUT2D eigenvalue weighted by Gasteiger charge is -2.38. The van der Waals surface area contributed by atoms with Crippen LogP contribution in [0.3, 0.4) is 0 Å². The van der Waals surface area contributed by atoms with Crippen molar-refractivity contribution in [1.29, 1.82) is 0 Å². The number of benzene rings is 2. The zero-order valence-electron chi connectivity index (χ0n) is 17.0. The van der Waals surface area contributed by atoms with Crippen molar-refractivity contribution in [1.82, 2.24) is 4.90 Å². The molecule has 1 saturated heterocycles. The lowest BCUT2D eigenvalue weighted by Crippen LogP contribution is -2.52. The lowest BCUT2D eigenvalue weighted by molar-refractivity contribution is -0.120. The average Bonchev–Trinajstić information content (AvgIpc) is 2.70. The zero-order chi connectivity index (χ0) is 20.3. The summed E-state index contributed by atoms with van der Waals surface area (Å²) in [5.41, 5.74) is 3.96. The van der Waals surface area contributed by atoms with Gasteiger partial charge in [0.25, 0.3) is 0 Å². The highest BCUT2D eigenvalue weighted by molar-refractivity contribution is 6.34. The first kappa shape index (κ1) is 20.5. The van der Waals surface area contributed by atoms with Gasteiger partial charge in [0.15, 0.2) is 0 Å². The first-order chi connectivity index (χ1) is 13.4. The van der Waals surface area contributed by atoms with Crippen molar-refractivity contribution in [3.05, 3.63) is 52.5 Å². The van der Waals surface area contributed by atoms with E-state index in [4.69, 9.17) is 16.3 Å². The van der Waals surface area contributed by atoms with Crippen molar-refractivity contribution < 1.29 is 9.53 Å². The molecule has 2 aromatic rings. The predicted molar refractivity (Wildman–Crippen MR) is 116 cm³/mol. The van der Waals surface area contributed by atoms with Crippen LogP contribution in [0.2, 0.25) is 5.02 Å². The van der Waals surface area contributed by atoms with Crippen LogP contribution in [-0.2, 0) is 4.79 Å². The van der Waals surface area contributed by atoms with Crippen molar-refractivity contribution in [2.75, 3.05) is 43.5 Å². The second-order valence-electron chi connectivity index (χ2n) is 7.32. The van der Waals surface area contributed by atoms with Crippen molar-refractivity contribution in [3.63, 3.8) is 0 Å². The molecule has 3 rings (SSSR count). The molecule has 0 aliphatic carbocycles. The maximum atomic E-state index is 12.8. The van der Waals surface area contributed by atoms with Crippen molar-refractivity contribution in [2.24, 2.45) is 0 Å². The molecule has 0 aromatic heterocycles. The normalized spacial score (nSPS) is 16.0. The Bertz CT molecular complexity index is 807. The number of halogens is 1. The number of ether oxygens (including phenoxy) is 1. The monoisotopic (exact) mass is 401 g/mol. The summed E-state index contributed by atoms with van der Waals surface area (Å²) in [6, 6.07) is 11.8. The van der Waals surface area contributed by atoms with Gasteiger partial charge >= 0.3 is 0 Å². The molecule has 1 N–H and O–H groups in total. The summed E-state index contributed by atoms with van der Waals surface area (Å²) in [7, 11) is 1.67. The summed E-state index contributed by atoms with van der Waals surface area (Å²) in [6.45, 7) is 9.35. The van der Waals surface area contributed by atoms with Gasteiger partial charge in [0, 0.05) is 31.9 Å². The van der Waals surface area contributed by atoms with Gasteiger partial charge in [-0.25, -0.2) is 0 Å². The third-order valence-electron chi connectivity index (χ3n) is 5.36. The van der Waals surface area contributed by atoms with E-state index < -0.39 is 0 Å². The first-order valence-electron chi connectivity index (χ1n) is 9.59. The number of aryl methyl sites for hydroxylation is 2. The Balaban J connectivity index is 1.58. The molecule has 5 nitrogen and oxygen atoms in total. The largest absolute Gasteiger partial charge is 0.497 e. The smallest absolute Gasteiger partial charge is 0.241 e. The van der Waals surface area contributed by atoms with Crippen LogP contribution >= 0.6 is 11.6 Å². The SMILES string of the molecule is COc1ccc(N2CCN(C(C)C(=O)Nc3c(C)cc(C)cc3Cl)CC2)cc1. The Hall–Kier alpha value is -2.24. The van der Waals surface area contributed by atoms with Crippen LogP contribution in [0.5, 0.6) is 5.75 Å². The van der Waals surface area contributed by atoms with Gasteiger partial charge in [-0.2, -0.15) is 0 Å². The van der Waals surface area contributed by atoms with Gasteiger partial charge in [-0.15, -0.1) is 0 Å². The minimum atomic E-state index is -0.213. The third kappa shape index (κ3) is 4.59. The fourth-order valence-electron chi connectivity index (χ4n) is 3.63. The Morgan fingerprint density at radius 2 is 1.75 bits per heavy atom. The van der Waals surface area contributed by atoms with Crippen LogP contribution in [0.25, 0.3) is 0 Å². The molecular weight excluding hydrogens is 374 g/mol.